The van der Waals surface area contributed by atoms with Crippen LogP contribution in [0.25, 0.3) is 0 Å². The van der Waals surface area contributed by atoms with Crippen molar-refractivity contribution in [2.24, 2.45) is 5.73 Å². The molecule has 0 bridgehead atoms. The van der Waals surface area contributed by atoms with Gasteiger partial charge in [0.1, 0.15) is 5.82 Å². The highest BCUT2D eigenvalue weighted by Crippen LogP contribution is 2.09. The van der Waals surface area contributed by atoms with E-state index in [1.54, 1.807) is 6.92 Å². The summed E-state index contributed by atoms with van der Waals surface area (Å²) in [6, 6.07) is 4.04. The van der Waals surface area contributed by atoms with Crippen LogP contribution in [-0.4, -0.2) is 17.4 Å². The first-order chi connectivity index (χ1) is 7.50. The Labute approximate surface area is 98.8 Å². The molecule has 3 nitrogen and oxygen atoms in total. The molecule has 0 aromatic heterocycles. The molecule has 0 fully saturated rings. The Morgan fingerprint density at radius 3 is 2.81 bits per heavy atom. The first kappa shape index (κ1) is 12.6. The van der Waals surface area contributed by atoms with Gasteiger partial charge in [-0.05, 0) is 30.7 Å². The summed E-state index contributed by atoms with van der Waals surface area (Å²) in [5.74, 6) is -0.592. The van der Waals surface area contributed by atoms with E-state index in [1.165, 1.54) is 18.2 Å². The average Bonchev–Trinajstić information content (AvgIpc) is 2.16. The number of nitrogens with one attached hydrogen (secondary N) is 1. The SMILES string of the molecule is Cc1cc(F)ccc1C(=O)NCCC(N)=S. The van der Waals surface area contributed by atoms with Crippen LogP contribution < -0.4 is 11.1 Å². The second-order valence-electron chi connectivity index (χ2n) is 3.43. The molecule has 0 unspecified atom stereocenters. The van der Waals surface area contributed by atoms with Crippen molar-refractivity contribution >= 4 is 23.1 Å². The van der Waals surface area contributed by atoms with Crippen molar-refractivity contribution in [3.05, 3.63) is 35.1 Å². The van der Waals surface area contributed by atoms with Crippen molar-refractivity contribution in [2.75, 3.05) is 6.54 Å². The zero-order valence-electron chi connectivity index (χ0n) is 8.92. The molecule has 0 radical (unpaired) electrons. The van der Waals surface area contributed by atoms with E-state index in [0.29, 0.717) is 29.1 Å². The highest BCUT2D eigenvalue weighted by Gasteiger charge is 2.08. The lowest BCUT2D eigenvalue weighted by Crippen LogP contribution is -2.27. The lowest BCUT2D eigenvalue weighted by atomic mass is 10.1. The number of halogens is 1. The summed E-state index contributed by atoms with van der Waals surface area (Å²) in [6.45, 7) is 2.08. The predicted molar refractivity (Wildman–Crippen MR) is 64.9 cm³/mol. The fourth-order valence-corrected chi connectivity index (χ4v) is 1.38. The summed E-state index contributed by atoms with van der Waals surface area (Å²) in [4.78, 5) is 12.0. The molecule has 1 aromatic carbocycles. The number of carbonyl (C=O) groups is 1. The first-order valence-electron chi connectivity index (χ1n) is 4.83. The van der Waals surface area contributed by atoms with Crippen LogP contribution in [0.15, 0.2) is 18.2 Å². The normalized spacial score (nSPS) is 9.88. The van der Waals surface area contributed by atoms with E-state index in [1.807, 2.05) is 0 Å². The summed E-state index contributed by atoms with van der Waals surface area (Å²) < 4.78 is 12.8. The van der Waals surface area contributed by atoms with Crippen LogP contribution in [0.5, 0.6) is 0 Å². The number of aryl methyl sites for hydroxylation is 1. The first-order valence-corrected chi connectivity index (χ1v) is 5.24. The van der Waals surface area contributed by atoms with Crippen molar-refractivity contribution < 1.29 is 9.18 Å². The molecular formula is C11H13FN2OS. The van der Waals surface area contributed by atoms with Crippen molar-refractivity contribution in [3.8, 4) is 0 Å². The Balaban J connectivity index is 2.63. The summed E-state index contributed by atoms with van der Waals surface area (Å²) in [5, 5.41) is 2.66. The Kier molecular flexibility index (Phi) is 4.37. The number of hydrogen-bond acceptors (Lipinski definition) is 2. The third-order valence-corrected chi connectivity index (χ3v) is 2.29. The van der Waals surface area contributed by atoms with Gasteiger partial charge in [-0.2, -0.15) is 0 Å². The highest BCUT2D eigenvalue weighted by atomic mass is 32.1. The minimum Gasteiger partial charge on any atom is -0.393 e. The van der Waals surface area contributed by atoms with E-state index in [0.717, 1.165) is 0 Å². The van der Waals surface area contributed by atoms with Crippen molar-refractivity contribution in [1.82, 2.24) is 5.32 Å². The van der Waals surface area contributed by atoms with E-state index < -0.39 is 0 Å². The fourth-order valence-electron chi connectivity index (χ4n) is 1.28. The molecule has 3 N–H and O–H groups in total. The Hall–Kier alpha value is -1.49. The summed E-state index contributed by atoms with van der Waals surface area (Å²) in [5.41, 5.74) is 6.36. The number of hydrogen-bond donors (Lipinski definition) is 2. The van der Waals surface area contributed by atoms with Gasteiger partial charge >= 0.3 is 0 Å². The molecule has 86 valence electrons. The molecular weight excluding hydrogens is 227 g/mol. The van der Waals surface area contributed by atoms with Gasteiger partial charge in [-0.25, -0.2) is 4.39 Å². The third-order valence-electron chi connectivity index (χ3n) is 2.09. The standard InChI is InChI=1S/C11H13FN2OS/c1-7-6-8(12)2-3-9(7)11(15)14-5-4-10(13)16/h2-3,6H,4-5H2,1H3,(H2,13,16)(H,14,15). The maximum atomic E-state index is 12.8. The van der Waals surface area contributed by atoms with Gasteiger partial charge in [-0.15, -0.1) is 0 Å². The second kappa shape index (κ2) is 5.55. The maximum absolute atomic E-state index is 12.8. The molecule has 0 aliphatic carbocycles. The molecule has 0 aliphatic rings. The van der Waals surface area contributed by atoms with Gasteiger partial charge in [-0.1, -0.05) is 12.2 Å². The zero-order valence-corrected chi connectivity index (χ0v) is 9.73. The largest absolute Gasteiger partial charge is 0.393 e. The minimum atomic E-state index is -0.350. The van der Waals surface area contributed by atoms with Gasteiger partial charge in [0.15, 0.2) is 0 Å². The Bertz CT molecular complexity index is 420. The predicted octanol–water partition coefficient (Wildman–Crippen LogP) is 1.54. The van der Waals surface area contributed by atoms with Gasteiger partial charge in [-0.3, -0.25) is 4.79 Å². The smallest absolute Gasteiger partial charge is 0.251 e. The summed E-state index contributed by atoms with van der Waals surface area (Å²) >= 11 is 4.68. The fraction of sp³-hybridized carbons (Fsp3) is 0.273. The zero-order chi connectivity index (χ0) is 12.1. The number of nitrogens with two attached hydrogens (primary N) is 1. The van der Waals surface area contributed by atoms with Crippen LogP contribution in [-0.2, 0) is 0 Å². The van der Waals surface area contributed by atoms with E-state index in [9.17, 15) is 9.18 Å². The topological polar surface area (TPSA) is 55.1 Å². The number of thiocarbonyl (C=S) groups is 1. The van der Waals surface area contributed by atoms with Gasteiger partial charge in [0.05, 0.1) is 4.99 Å². The molecule has 16 heavy (non-hydrogen) atoms. The number of carbonyl (C=O) groups excluding carboxylic acids is 1. The number of benzene rings is 1. The van der Waals surface area contributed by atoms with Gasteiger partial charge < -0.3 is 11.1 Å². The van der Waals surface area contributed by atoms with E-state index in [-0.39, 0.29) is 11.7 Å². The average molecular weight is 240 g/mol. The van der Waals surface area contributed by atoms with Crippen molar-refractivity contribution in [1.29, 1.82) is 0 Å². The van der Waals surface area contributed by atoms with E-state index in [4.69, 9.17) is 5.73 Å². The molecule has 0 spiro atoms. The summed E-state index contributed by atoms with van der Waals surface area (Å²) in [6.07, 6.45) is 0.460. The molecule has 0 heterocycles. The minimum absolute atomic E-state index is 0.242. The van der Waals surface area contributed by atoms with Crippen LogP contribution in [0, 0.1) is 12.7 Å². The van der Waals surface area contributed by atoms with E-state index >= 15 is 0 Å². The molecule has 0 atom stereocenters. The second-order valence-corrected chi connectivity index (χ2v) is 3.96. The van der Waals surface area contributed by atoms with E-state index in [2.05, 4.69) is 17.5 Å². The summed E-state index contributed by atoms with van der Waals surface area (Å²) in [7, 11) is 0. The molecule has 1 rings (SSSR count). The molecule has 1 aromatic rings. The van der Waals surface area contributed by atoms with Crippen LogP contribution in [0.4, 0.5) is 4.39 Å². The molecule has 0 aliphatic heterocycles. The number of amides is 1. The molecule has 0 saturated heterocycles. The van der Waals surface area contributed by atoms with Gasteiger partial charge in [0.25, 0.3) is 5.91 Å². The quantitative estimate of drug-likeness (QED) is 0.785. The van der Waals surface area contributed by atoms with Gasteiger partial charge in [0, 0.05) is 18.5 Å². The Morgan fingerprint density at radius 2 is 2.25 bits per heavy atom. The van der Waals surface area contributed by atoms with Crippen LogP contribution >= 0.6 is 12.2 Å². The Morgan fingerprint density at radius 1 is 1.56 bits per heavy atom. The maximum Gasteiger partial charge on any atom is 0.251 e. The van der Waals surface area contributed by atoms with Crippen LogP contribution in [0.2, 0.25) is 0 Å². The van der Waals surface area contributed by atoms with Crippen molar-refractivity contribution in [3.63, 3.8) is 0 Å². The van der Waals surface area contributed by atoms with Crippen LogP contribution in [0.3, 0.4) is 0 Å². The molecule has 0 saturated carbocycles. The van der Waals surface area contributed by atoms with Gasteiger partial charge in [0.2, 0.25) is 0 Å². The third kappa shape index (κ3) is 3.58. The highest BCUT2D eigenvalue weighted by molar-refractivity contribution is 7.80. The number of rotatable bonds is 4. The monoisotopic (exact) mass is 240 g/mol. The lowest BCUT2D eigenvalue weighted by Gasteiger charge is -2.07. The van der Waals surface area contributed by atoms with Crippen molar-refractivity contribution in [2.45, 2.75) is 13.3 Å². The van der Waals surface area contributed by atoms with Crippen LogP contribution in [0.1, 0.15) is 22.3 Å². The lowest BCUT2D eigenvalue weighted by molar-refractivity contribution is 0.0954. The molecule has 1 amide bonds. The molecule has 5 heteroatoms.